The molecule has 2 aromatic rings. The van der Waals surface area contributed by atoms with Crippen LogP contribution >= 0.6 is 0 Å². The van der Waals surface area contributed by atoms with Crippen molar-refractivity contribution in [1.29, 1.82) is 0 Å². The van der Waals surface area contributed by atoms with Crippen LogP contribution in [0.1, 0.15) is 48.4 Å². The van der Waals surface area contributed by atoms with Gasteiger partial charge in [0.2, 0.25) is 0 Å². The van der Waals surface area contributed by atoms with Gasteiger partial charge < -0.3 is 10.0 Å². The maximum absolute atomic E-state index is 12.7. The van der Waals surface area contributed by atoms with Gasteiger partial charge >= 0.3 is 0 Å². The number of nitrogens with zero attached hydrogens (tertiary/aromatic N) is 1. The molecule has 0 aliphatic heterocycles. The first-order chi connectivity index (χ1) is 11.1. The van der Waals surface area contributed by atoms with Crippen LogP contribution in [-0.2, 0) is 6.42 Å². The summed E-state index contributed by atoms with van der Waals surface area (Å²) in [6.45, 7) is 8.13. The van der Waals surface area contributed by atoms with Crippen LogP contribution in [0.15, 0.2) is 48.5 Å². The third-order valence-electron chi connectivity index (χ3n) is 4.23. The van der Waals surface area contributed by atoms with E-state index in [-0.39, 0.29) is 5.78 Å². The largest absolute Gasteiger partial charge is 0.380 e. The highest BCUT2D eigenvalue weighted by Crippen LogP contribution is 2.25. The van der Waals surface area contributed by atoms with E-state index in [0.29, 0.717) is 11.1 Å². The molecule has 0 aliphatic rings. The van der Waals surface area contributed by atoms with E-state index in [9.17, 15) is 9.90 Å². The van der Waals surface area contributed by atoms with Crippen LogP contribution in [0, 0.1) is 0 Å². The van der Waals surface area contributed by atoms with Crippen molar-refractivity contribution in [3.63, 3.8) is 0 Å². The summed E-state index contributed by atoms with van der Waals surface area (Å²) < 4.78 is 0. The van der Waals surface area contributed by atoms with E-state index in [1.165, 1.54) is 0 Å². The molecule has 0 saturated heterocycles. The Labute approximate surface area is 138 Å². The smallest absolute Gasteiger partial charge is 0.196 e. The minimum atomic E-state index is -1.11. The van der Waals surface area contributed by atoms with Crippen LogP contribution in [0.5, 0.6) is 0 Å². The molecular formula is C20H25NO2. The summed E-state index contributed by atoms with van der Waals surface area (Å²) in [5.41, 5.74) is 3.35. The third-order valence-corrected chi connectivity index (χ3v) is 4.23. The van der Waals surface area contributed by atoms with Crippen LogP contribution in [0.2, 0.25) is 0 Å². The monoisotopic (exact) mass is 311 g/mol. The van der Waals surface area contributed by atoms with Gasteiger partial charge in [-0.3, -0.25) is 4.79 Å². The molecule has 1 atom stereocenters. The lowest BCUT2D eigenvalue weighted by atomic mass is 9.94. The number of benzene rings is 2. The molecule has 3 heteroatoms. The lowest BCUT2D eigenvalue weighted by Crippen LogP contribution is -2.22. The number of hydrogen-bond donors (Lipinski definition) is 1. The van der Waals surface area contributed by atoms with Crippen molar-refractivity contribution < 1.29 is 9.90 Å². The van der Waals surface area contributed by atoms with Crippen molar-refractivity contribution in [2.45, 2.75) is 33.3 Å². The van der Waals surface area contributed by atoms with E-state index in [2.05, 4.69) is 24.8 Å². The summed E-state index contributed by atoms with van der Waals surface area (Å²) in [6, 6.07) is 15.0. The van der Waals surface area contributed by atoms with Crippen molar-refractivity contribution in [3.8, 4) is 0 Å². The Morgan fingerprint density at radius 2 is 1.70 bits per heavy atom. The van der Waals surface area contributed by atoms with E-state index in [1.807, 2.05) is 37.3 Å². The van der Waals surface area contributed by atoms with Gasteiger partial charge in [0.05, 0.1) is 0 Å². The summed E-state index contributed by atoms with van der Waals surface area (Å²) in [5.74, 6) is -0.237. The molecule has 0 fully saturated rings. The van der Waals surface area contributed by atoms with Crippen molar-refractivity contribution >= 4 is 11.5 Å². The summed E-state index contributed by atoms with van der Waals surface area (Å²) in [7, 11) is 0. The number of aliphatic hydroxyl groups is 1. The van der Waals surface area contributed by atoms with E-state index >= 15 is 0 Å². The Hall–Kier alpha value is -2.13. The summed E-state index contributed by atoms with van der Waals surface area (Å²) in [6.07, 6.45) is -0.349. The van der Waals surface area contributed by atoms with Crippen molar-refractivity contribution in [3.05, 3.63) is 65.2 Å². The van der Waals surface area contributed by atoms with Crippen LogP contribution < -0.4 is 4.90 Å². The second kappa shape index (κ2) is 7.93. The number of aryl methyl sites for hydroxylation is 1. The number of ketones is 1. The molecule has 1 unspecified atom stereocenters. The number of Topliss-reactive ketones (excluding diaryl/α,β-unsaturated/α-hetero) is 1. The Bertz CT molecular complexity index is 648. The second-order valence-electron chi connectivity index (χ2n) is 5.54. The fourth-order valence-corrected chi connectivity index (χ4v) is 2.83. The highest BCUT2D eigenvalue weighted by molar-refractivity contribution is 6.01. The fraction of sp³-hybridized carbons (Fsp3) is 0.350. The molecular weight excluding hydrogens is 286 g/mol. The Balaban J connectivity index is 2.33. The molecule has 0 heterocycles. The molecule has 0 aromatic heterocycles. The van der Waals surface area contributed by atoms with E-state index in [0.717, 1.165) is 30.8 Å². The van der Waals surface area contributed by atoms with Crippen molar-refractivity contribution in [1.82, 2.24) is 0 Å². The van der Waals surface area contributed by atoms with Crippen LogP contribution in [0.4, 0.5) is 5.69 Å². The molecule has 2 rings (SSSR count). The third kappa shape index (κ3) is 3.80. The number of carbonyl (C=O) groups excluding carboxylic acids is 1. The number of rotatable bonds is 7. The zero-order chi connectivity index (χ0) is 16.8. The van der Waals surface area contributed by atoms with E-state index < -0.39 is 6.10 Å². The molecule has 3 nitrogen and oxygen atoms in total. The maximum atomic E-state index is 12.7. The number of carbonyl (C=O) groups is 1. The minimum Gasteiger partial charge on any atom is -0.380 e. The fourth-order valence-electron chi connectivity index (χ4n) is 2.83. The Morgan fingerprint density at radius 1 is 1.04 bits per heavy atom. The highest BCUT2D eigenvalue weighted by atomic mass is 16.3. The second-order valence-corrected chi connectivity index (χ2v) is 5.54. The molecule has 0 amide bonds. The van der Waals surface area contributed by atoms with Gasteiger partial charge in [0.15, 0.2) is 5.78 Å². The molecule has 2 aromatic carbocycles. The predicted octanol–water partition coefficient (Wildman–Crippen LogP) is 4.01. The first kappa shape index (κ1) is 17.2. The molecule has 0 bridgehead atoms. The lowest BCUT2D eigenvalue weighted by Gasteiger charge is -2.23. The molecule has 0 aliphatic carbocycles. The number of aliphatic hydroxyl groups excluding tert-OH is 1. The molecule has 23 heavy (non-hydrogen) atoms. The van der Waals surface area contributed by atoms with Gasteiger partial charge in [-0.2, -0.15) is 0 Å². The van der Waals surface area contributed by atoms with Gasteiger partial charge in [-0.1, -0.05) is 37.3 Å². The van der Waals surface area contributed by atoms with Gasteiger partial charge in [-0.05, 0) is 49.6 Å². The normalized spacial score (nSPS) is 12.0. The van der Waals surface area contributed by atoms with Crippen molar-refractivity contribution in [2.75, 3.05) is 18.0 Å². The topological polar surface area (TPSA) is 40.5 Å². The van der Waals surface area contributed by atoms with Crippen LogP contribution in [0.3, 0.4) is 0 Å². The first-order valence-electron chi connectivity index (χ1n) is 8.27. The average molecular weight is 311 g/mol. The summed E-state index contributed by atoms with van der Waals surface area (Å²) >= 11 is 0. The zero-order valence-electron chi connectivity index (χ0n) is 14.1. The Kier molecular flexibility index (Phi) is 5.94. The van der Waals surface area contributed by atoms with Crippen molar-refractivity contribution in [2.24, 2.45) is 0 Å². The van der Waals surface area contributed by atoms with Crippen LogP contribution in [0.25, 0.3) is 0 Å². The SMILES string of the molecule is CCc1cc(N(CC)CC)ccc1C(=O)C(O)c1ccccc1. The standard InChI is InChI=1S/C20H25NO2/c1-4-15-14-17(21(5-2)6-3)12-13-18(15)20(23)19(22)16-10-8-7-9-11-16/h7-14,19,22H,4-6H2,1-3H3. The summed E-state index contributed by atoms with van der Waals surface area (Å²) in [4.78, 5) is 14.9. The van der Waals surface area contributed by atoms with E-state index in [4.69, 9.17) is 0 Å². The lowest BCUT2D eigenvalue weighted by molar-refractivity contribution is 0.0746. The van der Waals surface area contributed by atoms with Gasteiger partial charge in [0.1, 0.15) is 6.10 Å². The van der Waals surface area contributed by atoms with Gasteiger partial charge in [-0.25, -0.2) is 0 Å². The highest BCUT2D eigenvalue weighted by Gasteiger charge is 2.21. The molecule has 0 saturated carbocycles. The molecule has 0 spiro atoms. The van der Waals surface area contributed by atoms with Gasteiger partial charge in [-0.15, -0.1) is 0 Å². The number of hydrogen-bond acceptors (Lipinski definition) is 3. The predicted molar refractivity (Wildman–Crippen MR) is 95.1 cm³/mol. The zero-order valence-corrected chi connectivity index (χ0v) is 14.1. The Morgan fingerprint density at radius 3 is 2.26 bits per heavy atom. The molecule has 1 N–H and O–H groups in total. The number of anilines is 1. The molecule has 122 valence electrons. The first-order valence-corrected chi connectivity index (χ1v) is 8.27. The molecule has 0 radical (unpaired) electrons. The summed E-state index contributed by atoms with van der Waals surface area (Å²) in [5, 5.41) is 10.4. The minimum absolute atomic E-state index is 0.237. The quantitative estimate of drug-likeness (QED) is 0.785. The average Bonchev–Trinajstić information content (AvgIpc) is 2.62. The van der Waals surface area contributed by atoms with Crippen LogP contribution in [-0.4, -0.2) is 24.0 Å². The maximum Gasteiger partial charge on any atom is 0.196 e. The van der Waals surface area contributed by atoms with Gasteiger partial charge in [0.25, 0.3) is 0 Å². The van der Waals surface area contributed by atoms with E-state index in [1.54, 1.807) is 12.1 Å². The van der Waals surface area contributed by atoms with Gasteiger partial charge in [0, 0.05) is 24.3 Å².